The van der Waals surface area contributed by atoms with E-state index in [1.807, 2.05) is 18.3 Å². The van der Waals surface area contributed by atoms with Gasteiger partial charge in [-0.2, -0.15) is 0 Å². The van der Waals surface area contributed by atoms with Crippen LogP contribution in [0.25, 0.3) is 10.9 Å². The zero-order chi connectivity index (χ0) is 28.2. The minimum Gasteiger partial charge on any atom is -0.481 e. The molecule has 6 rings (SSSR count). The molecule has 0 amide bonds. The lowest BCUT2D eigenvalue weighted by molar-refractivity contribution is 0.121. The van der Waals surface area contributed by atoms with E-state index in [9.17, 15) is 0 Å². The zero-order valence-corrected chi connectivity index (χ0v) is 25.3. The summed E-state index contributed by atoms with van der Waals surface area (Å²) in [6.07, 6.45) is 6.34. The van der Waals surface area contributed by atoms with Crippen molar-refractivity contribution in [3.63, 3.8) is 0 Å². The van der Waals surface area contributed by atoms with Gasteiger partial charge >= 0.3 is 0 Å². The predicted octanol–water partition coefficient (Wildman–Crippen LogP) is 7.11. The van der Waals surface area contributed by atoms with Crippen LogP contribution in [0.2, 0.25) is 0 Å². The van der Waals surface area contributed by atoms with Crippen LogP contribution in [-0.4, -0.2) is 53.6 Å². The Morgan fingerprint density at radius 2 is 1.71 bits per heavy atom. The summed E-state index contributed by atoms with van der Waals surface area (Å²) in [5.74, 6) is 0.641. The van der Waals surface area contributed by atoms with Crippen LogP contribution in [-0.2, 0) is 6.54 Å². The second-order valence-electron chi connectivity index (χ2n) is 11.4. The Labute approximate surface area is 252 Å². The number of nitrogens with zero attached hydrogens (tertiary/aromatic N) is 3. The topological polar surface area (TPSA) is 54.6 Å². The number of aromatic nitrogens is 1. The van der Waals surface area contributed by atoms with Crippen LogP contribution in [0, 0.1) is 0 Å². The molecule has 3 atom stereocenters. The smallest absolute Gasteiger partial charge is 0.217 e. The van der Waals surface area contributed by atoms with Gasteiger partial charge in [0, 0.05) is 53.1 Å². The summed E-state index contributed by atoms with van der Waals surface area (Å²) in [6, 6.07) is 31.3. The van der Waals surface area contributed by atoms with Gasteiger partial charge < -0.3 is 10.5 Å². The molecule has 5 nitrogen and oxygen atoms in total. The minimum atomic E-state index is -0.0126. The van der Waals surface area contributed by atoms with Gasteiger partial charge in [-0.25, -0.2) is 4.98 Å². The minimum absolute atomic E-state index is 0.0126. The van der Waals surface area contributed by atoms with E-state index in [0.717, 1.165) is 46.9 Å². The van der Waals surface area contributed by atoms with Gasteiger partial charge in [-0.1, -0.05) is 76.6 Å². The Morgan fingerprint density at radius 1 is 0.976 bits per heavy atom. The van der Waals surface area contributed by atoms with Crippen molar-refractivity contribution in [1.82, 2.24) is 14.8 Å². The highest BCUT2D eigenvalue weighted by Gasteiger charge is 2.42. The summed E-state index contributed by atoms with van der Waals surface area (Å²) in [5.41, 5.74) is 12.2. The Kier molecular flexibility index (Phi) is 8.70. The normalized spacial score (nSPS) is 20.1. The van der Waals surface area contributed by atoms with Crippen LogP contribution in [0.5, 0.6) is 5.88 Å². The van der Waals surface area contributed by atoms with Crippen LogP contribution in [0.3, 0.4) is 0 Å². The SMILES string of the molecule is COc1nc2ccc(Br)cc2cc1C(/C(=C/N)CCCCN1CC2CC1CN2Cc1ccccc1)c1ccccc1. The number of allylic oxidation sites excluding steroid dienone is 1. The maximum atomic E-state index is 6.36. The van der Waals surface area contributed by atoms with Crippen molar-refractivity contribution in [2.24, 2.45) is 5.73 Å². The van der Waals surface area contributed by atoms with Crippen molar-refractivity contribution < 1.29 is 4.74 Å². The van der Waals surface area contributed by atoms with Crippen molar-refractivity contribution in [3.05, 3.63) is 118 Å². The van der Waals surface area contributed by atoms with E-state index >= 15 is 0 Å². The van der Waals surface area contributed by atoms with Gasteiger partial charge in [-0.15, -0.1) is 0 Å². The molecule has 0 radical (unpaired) electrons. The number of likely N-dealkylation sites (tertiary alicyclic amines) is 2. The van der Waals surface area contributed by atoms with E-state index in [4.69, 9.17) is 15.5 Å². The lowest BCUT2D eigenvalue weighted by Gasteiger charge is -2.34. The van der Waals surface area contributed by atoms with Crippen molar-refractivity contribution in [2.45, 2.75) is 50.2 Å². The lowest BCUT2D eigenvalue weighted by atomic mass is 9.83. The number of ether oxygens (including phenoxy) is 1. The number of nitrogens with two attached hydrogens (primary N) is 1. The molecule has 2 fully saturated rings. The van der Waals surface area contributed by atoms with Crippen molar-refractivity contribution in [3.8, 4) is 5.88 Å². The summed E-state index contributed by atoms with van der Waals surface area (Å²) in [7, 11) is 1.70. The Balaban J connectivity index is 1.12. The molecular formula is C35H39BrN4O. The highest BCUT2D eigenvalue weighted by Crippen LogP contribution is 2.40. The van der Waals surface area contributed by atoms with Gasteiger partial charge in [0.1, 0.15) is 0 Å². The summed E-state index contributed by atoms with van der Waals surface area (Å²) < 4.78 is 6.88. The summed E-state index contributed by atoms with van der Waals surface area (Å²) in [4.78, 5) is 10.3. The number of unbranched alkanes of at least 4 members (excludes halogenated alkanes) is 1. The van der Waals surface area contributed by atoms with Crippen molar-refractivity contribution in [1.29, 1.82) is 0 Å². The lowest BCUT2D eigenvalue weighted by Crippen LogP contribution is -2.46. The quantitative estimate of drug-likeness (QED) is 0.183. The van der Waals surface area contributed by atoms with Crippen LogP contribution in [0.15, 0.2) is 101 Å². The number of benzene rings is 3. The van der Waals surface area contributed by atoms with E-state index in [-0.39, 0.29) is 5.92 Å². The molecule has 0 saturated carbocycles. The van der Waals surface area contributed by atoms with Crippen molar-refractivity contribution >= 4 is 26.8 Å². The molecule has 3 aromatic carbocycles. The molecule has 6 heteroatoms. The molecule has 212 valence electrons. The molecule has 2 bridgehead atoms. The van der Waals surface area contributed by atoms with Gasteiger partial charge in [0.2, 0.25) is 5.88 Å². The fourth-order valence-corrected chi connectivity index (χ4v) is 7.22. The molecule has 3 heterocycles. The summed E-state index contributed by atoms with van der Waals surface area (Å²) in [6.45, 7) is 4.61. The maximum absolute atomic E-state index is 6.36. The number of fused-ring (bicyclic) bond motifs is 3. The predicted molar refractivity (Wildman–Crippen MR) is 171 cm³/mol. The number of piperazine rings is 1. The van der Waals surface area contributed by atoms with Gasteiger partial charge in [0.05, 0.1) is 12.6 Å². The van der Waals surface area contributed by atoms with Crippen LogP contribution in [0.4, 0.5) is 0 Å². The van der Waals surface area contributed by atoms with E-state index in [1.165, 1.54) is 42.6 Å². The average molecular weight is 612 g/mol. The molecular weight excluding hydrogens is 572 g/mol. The van der Waals surface area contributed by atoms with Gasteiger partial charge in [-0.05, 0) is 79.4 Å². The van der Waals surface area contributed by atoms with E-state index in [2.05, 4.69) is 98.5 Å². The first-order chi connectivity index (χ1) is 20.1. The van der Waals surface area contributed by atoms with Crippen LogP contribution >= 0.6 is 15.9 Å². The average Bonchev–Trinajstić information content (AvgIpc) is 3.59. The Morgan fingerprint density at radius 3 is 2.41 bits per heavy atom. The molecule has 41 heavy (non-hydrogen) atoms. The largest absolute Gasteiger partial charge is 0.481 e. The highest BCUT2D eigenvalue weighted by molar-refractivity contribution is 9.10. The second kappa shape index (κ2) is 12.8. The Bertz CT molecular complexity index is 1490. The number of methoxy groups -OCH3 is 1. The maximum Gasteiger partial charge on any atom is 0.217 e. The number of hydrogen-bond donors (Lipinski definition) is 1. The first kappa shape index (κ1) is 28.0. The number of hydrogen-bond acceptors (Lipinski definition) is 5. The fourth-order valence-electron chi connectivity index (χ4n) is 6.84. The Hall–Kier alpha value is -3.19. The standard InChI is InChI=1S/C35H39BrN4O/c1-41-35-32(19-28-18-29(36)15-16-33(28)38-35)34(26-12-6-3-7-13-26)27(21-37)14-8-9-17-39-23-31-20-30(39)24-40(31)22-25-10-4-2-5-11-25/h2-7,10-13,15-16,18-19,21,30-31,34H,8-9,14,17,20,22-24,37H2,1H3/b27-21+. The molecule has 2 N–H and O–H groups in total. The van der Waals surface area contributed by atoms with Gasteiger partial charge in [0.25, 0.3) is 0 Å². The molecule has 0 aliphatic carbocycles. The zero-order valence-electron chi connectivity index (χ0n) is 23.8. The second-order valence-corrected chi connectivity index (χ2v) is 12.3. The number of pyridine rings is 1. The van der Waals surface area contributed by atoms with Crippen LogP contribution < -0.4 is 10.5 Å². The molecule has 2 aliphatic heterocycles. The van der Waals surface area contributed by atoms with E-state index < -0.39 is 0 Å². The van der Waals surface area contributed by atoms with Crippen molar-refractivity contribution in [2.75, 3.05) is 26.7 Å². The molecule has 2 saturated heterocycles. The van der Waals surface area contributed by atoms with Gasteiger partial charge in [-0.3, -0.25) is 9.80 Å². The first-order valence-electron chi connectivity index (χ1n) is 14.7. The summed E-state index contributed by atoms with van der Waals surface area (Å²) in [5, 5.41) is 1.08. The molecule has 0 spiro atoms. The number of rotatable bonds is 11. The van der Waals surface area contributed by atoms with E-state index in [1.54, 1.807) is 7.11 Å². The third kappa shape index (κ3) is 6.20. The number of halogens is 1. The summed E-state index contributed by atoms with van der Waals surface area (Å²) >= 11 is 3.62. The monoisotopic (exact) mass is 610 g/mol. The molecule has 3 unspecified atom stereocenters. The third-order valence-electron chi connectivity index (χ3n) is 8.85. The fraction of sp³-hybridized carbons (Fsp3) is 0.343. The molecule has 2 aliphatic rings. The third-order valence-corrected chi connectivity index (χ3v) is 9.34. The molecule has 4 aromatic rings. The van der Waals surface area contributed by atoms with Gasteiger partial charge in [0.15, 0.2) is 0 Å². The van der Waals surface area contributed by atoms with Crippen LogP contribution in [0.1, 0.15) is 48.3 Å². The highest BCUT2D eigenvalue weighted by atomic mass is 79.9. The molecule has 1 aromatic heterocycles. The first-order valence-corrected chi connectivity index (χ1v) is 15.5. The van der Waals surface area contributed by atoms with E-state index in [0.29, 0.717) is 18.0 Å².